The highest BCUT2D eigenvalue weighted by molar-refractivity contribution is 7.09. The summed E-state index contributed by atoms with van der Waals surface area (Å²) in [5.41, 5.74) is 1.00. The van der Waals surface area contributed by atoms with Crippen LogP contribution in [0.3, 0.4) is 0 Å². The van der Waals surface area contributed by atoms with Crippen LogP contribution in [0.2, 0.25) is 0 Å². The predicted molar refractivity (Wildman–Crippen MR) is 90.1 cm³/mol. The van der Waals surface area contributed by atoms with Crippen molar-refractivity contribution in [1.82, 2.24) is 15.6 Å². The highest BCUT2D eigenvalue weighted by atomic mass is 32.1. The molecular weight excluding hydrogens is 284 g/mol. The average Bonchev–Trinajstić information content (AvgIpc) is 2.88. The molecule has 21 heavy (non-hydrogen) atoms. The van der Waals surface area contributed by atoms with Gasteiger partial charge in [0.25, 0.3) is 0 Å². The van der Waals surface area contributed by atoms with Gasteiger partial charge < -0.3 is 15.4 Å². The molecule has 0 bridgehead atoms. The van der Waals surface area contributed by atoms with Crippen LogP contribution in [-0.4, -0.2) is 37.2 Å². The largest absolute Gasteiger partial charge is 0.377 e. The maximum absolute atomic E-state index is 5.38. The Morgan fingerprint density at radius 2 is 1.95 bits per heavy atom. The molecular formula is C15H28N4OS. The minimum Gasteiger partial charge on any atom is -0.377 e. The Bertz CT molecular complexity index is 474. The van der Waals surface area contributed by atoms with Crippen molar-refractivity contribution in [2.24, 2.45) is 4.99 Å². The standard InChI is InChI=1S/C15H28N4OS/c1-14(2,3)11-9-21-12(19-11)8-17-13(16-6)18-10-15(4,5)20-7/h9H,8,10H2,1-7H3,(H2,16,17,18). The molecule has 1 rings (SSSR count). The Kier molecular flexibility index (Phi) is 6.16. The van der Waals surface area contributed by atoms with Crippen LogP contribution in [0.4, 0.5) is 0 Å². The lowest BCUT2D eigenvalue weighted by atomic mass is 9.93. The normalized spacial score (nSPS) is 13.4. The van der Waals surface area contributed by atoms with E-state index in [1.165, 1.54) is 0 Å². The zero-order valence-corrected chi connectivity index (χ0v) is 15.0. The number of hydrogen-bond acceptors (Lipinski definition) is 4. The van der Waals surface area contributed by atoms with E-state index >= 15 is 0 Å². The number of hydrogen-bond donors (Lipinski definition) is 2. The van der Waals surface area contributed by atoms with Crippen molar-refractivity contribution in [3.63, 3.8) is 0 Å². The fourth-order valence-corrected chi connectivity index (χ4v) is 2.45. The number of ether oxygens (including phenoxy) is 1. The Balaban J connectivity index is 2.51. The third kappa shape index (κ3) is 6.01. The molecule has 120 valence electrons. The van der Waals surface area contributed by atoms with Gasteiger partial charge in [-0.1, -0.05) is 20.8 Å². The Morgan fingerprint density at radius 3 is 2.43 bits per heavy atom. The minimum atomic E-state index is -0.224. The van der Waals surface area contributed by atoms with Gasteiger partial charge in [-0.15, -0.1) is 11.3 Å². The van der Waals surface area contributed by atoms with Crippen molar-refractivity contribution in [3.8, 4) is 0 Å². The summed E-state index contributed by atoms with van der Waals surface area (Å²) in [6, 6.07) is 0. The summed E-state index contributed by atoms with van der Waals surface area (Å²) in [6.07, 6.45) is 0. The second-order valence-electron chi connectivity index (χ2n) is 6.62. The fourth-order valence-electron chi connectivity index (χ4n) is 1.49. The zero-order chi connectivity index (χ0) is 16.1. The van der Waals surface area contributed by atoms with E-state index in [-0.39, 0.29) is 11.0 Å². The molecule has 2 N–H and O–H groups in total. The van der Waals surface area contributed by atoms with Crippen LogP contribution in [-0.2, 0) is 16.7 Å². The highest BCUT2D eigenvalue weighted by Gasteiger charge is 2.18. The average molecular weight is 312 g/mol. The van der Waals surface area contributed by atoms with Gasteiger partial charge >= 0.3 is 0 Å². The van der Waals surface area contributed by atoms with Crippen LogP contribution in [0, 0.1) is 0 Å². The molecule has 0 saturated carbocycles. The summed E-state index contributed by atoms with van der Waals surface area (Å²) in [7, 11) is 3.47. The second kappa shape index (κ2) is 7.22. The number of thiazole rings is 1. The van der Waals surface area contributed by atoms with Crippen molar-refractivity contribution in [3.05, 3.63) is 16.1 Å². The van der Waals surface area contributed by atoms with Gasteiger partial charge in [-0.25, -0.2) is 4.98 Å². The van der Waals surface area contributed by atoms with Gasteiger partial charge in [0.15, 0.2) is 5.96 Å². The SMILES string of the molecule is CN=C(NCc1nc(C(C)(C)C)cs1)NCC(C)(C)OC. The fraction of sp³-hybridized carbons (Fsp3) is 0.733. The number of aromatic nitrogens is 1. The van der Waals surface area contributed by atoms with Crippen molar-refractivity contribution >= 4 is 17.3 Å². The van der Waals surface area contributed by atoms with Crippen molar-refractivity contribution in [2.75, 3.05) is 20.7 Å². The van der Waals surface area contributed by atoms with Gasteiger partial charge in [-0.3, -0.25) is 4.99 Å². The van der Waals surface area contributed by atoms with E-state index in [1.807, 2.05) is 13.8 Å². The van der Waals surface area contributed by atoms with Crippen LogP contribution in [0.1, 0.15) is 45.3 Å². The molecule has 0 amide bonds. The van der Waals surface area contributed by atoms with Crippen molar-refractivity contribution < 1.29 is 4.74 Å². The van der Waals surface area contributed by atoms with E-state index in [1.54, 1.807) is 25.5 Å². The van der Waals surface area contributed by atoms with E-state index < -0.39 is 0 Å². The second-order valence-corrected chi connectivity index (χ2v) is 7.56. The molecule has 0 spiro atoms. The van der Waals surface area contributed by atoms with Gasteiger partial charge in [-0.2, -0.15) is 0 Å². The van der Waals surface area contributed by atoms with Gasteiger partial charge in [0.1, 0.15) is 5.01 Å². The Hall–Kier alpha value is -1.14. The summed E-state index contributed by atoms with van der Waals surface area (Å²) < 4.78 is 5.38. The van der Waals surface area contributed by atoms with Gasteiger partial charge in [0, 0.05) is 31.5 Å². The highest BCUT2D eigenvalue weighted by Crippen LogP contribution is 2.23. The number of methoxy groups -OCH3 is 1. The Morgan fingerprint density at radius 1 is 1.29 bits per heavy atom. The zero-order valence-electron chi connectivity index (χ0n) is 14.2. The monoisotopic (exact) mass is 312 g/mol. The lowest BCUT2D eigenvalue weighted by Crippen LogP contribution is -2.45. The first-order valence-electron chi connectivity index (χ1n) is 7.12. The van der Waals surface area contributed by atoms with Crippen LogP contribution >= 0.6 is 11.3 Å². The number of nitrogens with zero attached hydrogens (tertiary/aromatic N) is 2. The molecule has 0 radical (unpaired) electrons. The molecule has 0 fully saturated rings. The molecule has 1 aromatic heterocycles. The molecule has 0 aliphatic heterocycles. The molecule has 6 heteroatoms. The summed E-state index contributed by atoms with van der Waals surface area (Å²) >= 11 is 1.68. The third-order valence-electron chi connectivity index (χ3n) is 3.18. The molecule has 0 aliphatic carbocycles. The summed E-state index contributed by atoms with van der Waals surface area (Å²) in [4.78, 5) is 8.87. The maximum atomic E-state index is 5.38. The molecule has 1 heterocycles. The molecule has 0 unspecified atom stereocenters. The number of rotatable bonds is 5. The quantitative estimate of drug-likeness (QED) is 0.648. The molecule has 5 nitrogen and oxygen atoms in total. The van der Waals surface area contributed by atoms with Crippen LogP contribution < -0.4 is 10.6 Å². The molecule has 0 aromatic carbocycles. The molecule has 0 saturated heterocycles. The topological polar surface area (TPSA) is 58.5 Å². The van der Waals surface area contributed by atoms with Crippen molar-refractivity contribution in [1.29, 1.82) is 0 Å². The number of nitrogens with one attached hydrogen (secondary N) is 2. The third-order valence-corrected chi connectivity index (χ3v) is 4.03. The number of aliphatic imine (C=N–C) groups is 1. The summed E-state index contributed by atoms with van der Waals surface area (Å²) in [5, 5.41) is 9.73. The maximum Gasteiger partial charge on any atom is 0.191 e. The molecule has 0 atom stereocenters. The first-order valence-corrected chi connectivity index (χ1v) is 8.00. The summed E-state index contributed by atoms with van der Waals surface area (Å²) in [5.74, 6) is 0.757. The molecule has 0 aliphatic rings. The molecule has 1 aromatic rings. The van der Waals surface area contributed by atoms with Gasteiger partial charge in [-0.05, 0) is 13.8 Å². The minimum absolute atomic E-state index is 0.0944. The Labute approximate surface area is 132 Å². The van der Waals surface area contributed by atoms with E-state index in [2.05, 4.69) is 46.8 Å². The van der Waals surface area contributed by atoms with E-state index in [0.29, 0.717) is 13.1 Å². The summed E-state index contributed by atoms with van der Waals surface area (Å²) in [6.45, 7) is 11.9. The van der Waals surface area contributed by atoms with E-state index in [9.17, 15) is 0 Å². The van der Waals surface area contributed by atoms with Crippen molar-refractivity contribution in [2.45, 2.75) is 52.2 Å². The van der Waals surface area contributed by atoms with Crippen LogP contribution in [0.5, 0.6) is 0 Å². The number of guanidine groups is 1. The van der Waals surface area contributed by atoms with Crippen LogP contribution in [0.25, 0.3) is 0 Å². The predicted octanol–water partition coefficient (Wildman–Crippen LogP) is 2.53. The van der Waals surface area contributed by atoms with Gasteiger partial charge in [0.05, 0.1) is 17.8 Å². The smallest absolute Gasteiger partial charge is 0.191 e. The first kappa shape index (κ1) is 17.9. The first-order chi connectivity index (χ1) is 9.68. The lowest BCUT2D eigenvalue weighted by molar-refractivity contribution is 0.0268. The van der Waals surface area contributed by atoms with E-state index in [0.717, 1.165) is 16.7 Å². The van der Waals surface area contributed by atoms with Crippen LogP contribution in [0.15, 0.2) is 10.4 Å². The van der Waals surface area contributed by atoms with E-state index in [4.69, 9.17) is 4.74 Å². The lowest BCUT2D eigenvalue weighted by Gasteiger charge is -2.24. The van der Waals surface area contributed by atoms with Gasteiger partial charge in [0.2, 0.25) is 0 Å².